The predicted octanol–water partition coefficient (Wildman–Crippen LogP) is 3.46. The largest absolute Gasteiger partial charge is 0.454 e. The molecule has 0 aliphatic rings. The Morgan fingerprint density at radius 1 is 1.33 bits per heavy atom. The summed E-state index contributed by atoms with van der Waals surface area (Å²) >= 11 is 1.32. The van der Waals surface area contributed by atoms with E-state index in [4.69, 9.17) is 0 Å². The predicted molar refractivity (Wildman–Crippen MR) is 53.3 cm³/mol. The second kappa shape index (κ2) is 4.26. The summed E-state index contributed by atoms with van der Waals surface area (Å²) in [4.78, 5) is 11.7. The molecule has 0 spiro atoms. The highest BCUT2D eigenvalue weighted by atomic mass is 32.2. The van der Waals surface area contributed by atoms with Gasteiger partial charge in [-0.3, -0.25) is 4.79 Å². The van der Waals surface area contributed by atoms with E-state index in [1.54, 1.807) is 12.3 Å². The van der Waals surface area contributed by atoms with Gasteiger partial charge in [-0.2, -0.15) is 13.2 Å². The van der Waals surface area contributed by atoms with E-state index in [0.717, 1.165) is 0 Å². The minimum absolute atomic E-state index is 0.269. The van der Waals surface area contributed by atoms with Crippen molar-refractivity contribution in [3.63, 3.8) is 0 Å². The van der Waals surface area contributed by atoms with Crippen LogP contribution >= 0.6 is 11.8 Å². The van der Waals surface area contributed by atoms with Crippen LogP contribution in [0, 0.1) is 6.92 Å². The van der Waals surface area contributed by atoms with E-state index < -0.39 is 12.0 Å². The van der Waals surface area contributed by atoms with E-state index >= 15 is 0 Å². The molecular formula is C10H9F3OS. The molecule has 0 aromatic heterocycles. The van der Waals surface area contributed by atoms with Crippen LogP contribution in [0.25, 0.3) is 0 Å². The molecule has 0 heterocycles. The van der Waals surface area contributed by atoms with E-state index in [0.29, 0.717) is 10.5 Å². The normalized spacial score (nSPS) is 11.5. The number of ketones is 1. The maximum Gasteiger partial charge on any atom is 0.454 e. The van der Waals surface area contributed by atoms with Crippen LogP contribution in [0.4, 0.5) is 13.2 Å². The van der Waals surface area contributed by atoms with Gasteiger partial charge in [-0.05, 0) is 24.8 Å². The standard InChI is InChI=1S/C10H9F3OS/c1-6-7(9(14)10(11,12)13)4-3-5-8(6)15-2/h3-5H,1-2H3. The van der Waals surface area contributed by atoms with Crippen LogP contribution in [0.15, 0.2) is 23.1 Å². The van der Waals surface area contributed by atoms with Crippen LogP contribution < -0.4 is 0 Å². The van der Waals surface area contributed by atoms with E-state index in [2.05, 4.69) is 0 Å². The Bertz CT molecular complexity index is 385. The Labute approximate surface area is 89.7 Å². The van der Waals surface area contributed by atoms with Crippen molar-refractivity contribution in [1.82, 2.24) is 0 Å². The average Bonchev–Trinajstić information content (AvgIpc) is 2.16. The number of hydrogen-bond donors (Lipinski definition) is 0. The highest BCUT2D eigenvalue weighted by molar-refractivity contribution is 7.98. The van der Waals surface area contributed by atoms with E-state index in [-0.39, 0.29) is 5.56 Å². The monoisotopic (exact) mass is 234 g/mol. The Morgan fingerprint density at radius 3 is 2.40 bits per heavy atom. The summed E-state index contributed by atoms with van der Waals surface area (Å²) in [5.74, 6) is -1.78. The zero-order valence-corrected chi connectivity index (χ0v) is 9.00. The molecule has 0 amide bonds. The summed E-state index contributed by atoms with van der Waals surface area (Å²) in [5, 5.41) is 0. The molecule has 0 fully saturated rings. The summed E-state index contributed by atoms with van der Waals surface area (Å²) in [6, 6.07) is 4.34. The third-order valence-electron chi connectivity index (χ3n) is 2.01. The van der Waals surface area contributed by atoms with E-state index in [1.807, 2.05) is 0 Å². The van der Waals surface area contributed by atoms with Crippen LogP contribution in [-0.2, 0) is 0 Å². The first kappa shape index (κ1) is 12.1. The number of alkyl halides is 3. The lowest BCUT2D eigenvalue weighted by Gasteiger charge is -2.10. The SMILES string of the molecule is CSc1cccc(C(=O)C(F)(F)F)c1C. The molecule has 0 bridgehead atoms. The number of halogens is 3. The van der Waals surface area contributed by atoms with Gasteiger partial charge in [0.2, 0.25) is 0 Å². The maximum absolute atomic E-state index is 12.2. The Balaban J connectivity index is 3.22. The number of hydrogen-bond acceptors (Lipinski definition) is 2. The molecule has 0 radical (unpaired) electrons. The molecule has 1 nitrogen and oxygen atoms in total. The van der Waals surface area contributed by atoms with Crippen molar-refractivity contribution in [2.75, 3.05) is 6.26 Å². The first-order chi connectivity index (χ1) is 6.88. The first-order valence-electron chi connectivity index (χ1n) is 4.13. The fourth-order valence-electron chi connectivity index (χ4n) is 1.23. The Morgan fingerprint density at radius 2 is 1.93 bits per heavy atom. The zero-order chi connectivity index (χ0) is 11.6. The smallest absolute Gasteiger partial charge is 0.284 e. The fraction of sp³-hybridized carbons (Fsp3) is 0.300. The third kappa shape index (κ3) is 2.53. The van der Waals surface area contributed by atoms with E-state index in [1.165, 1.54) is 30.8 Å². The molecule has 5 heteroatoms. The van der Waals surface area contributed by atoms with Crippen molar-refractivity contribution in [3.05, 3.63) is 29.3 Å². The lowest BCUT2D eigenvalue weighted by Crippen LogP contribution is -2.23. The van der Waals surface area contributed by atoms with Crippen LogP contribution in [0.3, 0.4) is 0 Å². The van der Waals surface area contributed by atoms with Crippen molar-refractivity contribution in [2.45, 2.75) is 18.0 Å². The molecule has 0 unspecified atom stereocenters. The number of benzene rings is 1. The second-order valence-electron chi connectivity index (χ2n) is 2.96. The molecule has 15 heavy (non-hydrogen) atoms. The Hall–Kier alpha value is -0.970. The molecular weight excluding hydrogens is 225 g/mol. The second-order valence-corrected chi connectivity index (χ2v) is 3.81. The molecule has 0 atom stereocenters. The summed E-state index contributed by atoms with van der Waals surface area (Å²) in [5.41, 5.74) is 0.113. The van der Waals surface area contributed by atoms with Crippen LogP contribution in [0.2, 0.25) is 0 Å². The molecule has 0 aliphatic carbocycles. The van der Waals surface area contributed by atoms with E-state index in [9.17, 15) is 18.0 Å². The molecule has 82 valence electrons. The van der Waals surface area contributed by atoms with Gasteiger partial charge in [0.15, 0.2) is 0 Å². The Kier molecular flexibility index (Phi) is 3.44. The van der Waals surface area contributed by atoms with Gasteiger partial charge in [0.25, 0.3) is 5.78 Å². The number of carbonyl (C=O) groups is 1. The van der Waals surface area contributed by atoms with Crippen molar-refractivity contribution in [2.24, 2.45) is 0 Å². The minimum Gasteiger partial charge on any atom is -0.284 e. The van der Waals surface area contributed by atoms with Gasteiger partial charge in [-0.15, -0.1) is 11.8 Å². The number of Topliss-reactive ketones (excluding diaryl/α,β-unsaturated/α-hetero) is 1. The van der Waals surface area contributed by atoms with Gasteiger partial charge in [0.1, 0.15) is 0 Å². The number of thioether (sulfide) groups is 1. The zero-order valence-electron chi connectivity index (χ0n) is 8.18. The fourth-order valence-corrected chi connectivity index (χ4v) is 1.87. The summed E-state index contributed by atoms with van der Waals surface area (Å²) < 4.78 is 36.6. The third-order valence-corrected chi connectivity index (χ3v) is 2.89. The van der Waals surface area contributed by atoms with Crippen molar-refractivity contribution in [3.8, 4) is 0 Å². The minimum atomic E-state index is -4.80. The summed E-state index contributed by atoms with van der Waals surface area (Å²) in [6.07, 6.45) is -3.05. The van der Waals surface area contributed by atoms with Gasteiger partial charge in [-0.25, -0.2) is 0 Å². The molecule has 0 aliphatic heterocycles. The summed E-state index contributed by atoms with van der Waals surface area (Å²) in [6.45, 7) is 1.52. The lowest BCUT2D eigenvalue weighted by atomic mass is 10.0. The first-order valence-corrected chi connectivity index (χ1v) is 5.35. The van der Waals surface area contributed by atoms with Crippen molar-refractivity contribution >= 4 is 17.5 Å². The van der Waals surface area contributed by atoms with Gasteiger partial charge >= 0.3 is 6.18 Å². The maximum atomic E-state index is 12.2. The van der Waals surface area contributed by atoms with Gasteiger partial charge in [0.05, 0.1) is 0 Å². The van der Waals surface area contributed by atoms with Crippen molar-refractivity contribution < 1.29 is 18.0 Å². The highest BCUT2D eigenvalue weighted by Gasteiger charge is 2.40. The highest BCUT2D eigenvalue weighted by Crippen LogP contribution is 2.28. The van der Waals surface area contributed by atoms with Crippen LogP contribution in [0.1, 0.15) is 15.9 Å². The lowest BCUT2D eigenvalue weighted by molar-refractivity contribution is -0.0885. The molecule has 0 saturated heterocycles. The van der Waals surface area contributed by atoms with Gasteiger partial charge in [0, 0.05) is 10.5 Å². The molecule has 0 saturated carbocycles. The quantitative estimate of drug-likeness (QED) is 0.575. The van der Waals surface area contributed by atoms with Crippen LogP contribution in [0.5, 0.6) is 0 Å². The number of carbonyl (C=O) groups excluding carboxylic acids is 1. The topological polar surface area (TPSA) is 17.1 Å². The van der Waals surface area contributed by atoms with Gasteiger partial charge in [-0.1, -0.05) is 12.1 Å². The summed E-state index contributed by atoms with van der Waals surface area (Å²) in [7, 11) is 0. The molecule has 1 rings (SSSR count). The average molecular weight is 234 g/mol. The molecule has 1 aromatic carbocycles. The van der Waals surface area contributed by atoms with Crippen LogP contribution in [-0.4, -0.2) is 18.2 Å². The molecule has 0 N–H and O–H groups in total. The van der Waals surface area contributed by atoms with Crippen molar-refractivity contribution in [1.29, 1.82) is 0 Å². The molecule has 1 aromatic rings. The number of rotatable bonds is 2. The van der Waals surface area contributed by atoms with Gasteiger partial charge < -0.3 is 0 Å².